The second-order valence-corrected chi connectivity index (χ2v) is 3.83. The lowest BCUT2D eigenvalue weighted by molar-refractivity contribution is 0.384. The van der Waals surface area contributed by atoms with E-state index in [4.69, 9.17) is 4.52 Å². The molecule has 2 heterocycles. The number of hydrogen-bond donors (Lipinski definition) is 1. The van der Waals surface area contributed by atoms with Crippen molar-refractivity contribution in [3.63, 3.8) is 0 Å². The van der Waals surface area contributed by atoms with Crippen molar-refractivity contribution in [3.8, 4) is 11.5 Å². The molecule has 2 aromatic heterocycles. The van der Waals surface area contributed by atoms with Gasteiger partial charge in [-0.15, -0.1) is 0 Å². The first-order valence-electron chi connectivity index (χ1n) is 5.80. The molecule has 0 aliphatic rings. The maximum absolute atomic E-state index is 5.16. The molecule has 19 heavy (non-hydrogen) atoms. The van der Waals surface area contributed by atoms with Crippen molar-refractivity contribution in [2.24, 2.45) is 0 Å². The van der Waals surface area contributed by atoms with Crippen molar-refractivity contribution in [1.29, 1.82) is 0 Å². The quantitative estimate of drug-likeness (QED) is 0.767. The number of anilines is 1. The Kier molecular flexibility index (Phi) is 3.14. The van der Waals surface area contributed by atoms with Crippen LogP contribution in [0.25, 0.3) is 11.5 Å². The molecule has 0 bridgehead atoms. The highest BCUT2D eigenvalue weighted by molar-refractivity contribution is 5.47. The van der Waals surface area contributed by atoms with Gasteiger partial charge in [-0.25, -0.2) is 9.97 Å². The number of rotatable bonds is 4. The van der Waals surface area contributed by atoms with E-state index in [1.165, 1.54) is 6.33 Å². The van der Waals surface area contributed by atoms with Crippen LogP contribution < -0.4 is 5.32 Å². The van der Waals surface area contributed by atoms with E-state index in [2.05, 4.69) is 25.4 Å². The number of benzene rings is 1. The lowest BCUT2D eigenvalue weighted by Crippen LogP contribution is -1.99. The van der Waals surface area contributed by atoms with Crippen molar-refractivity contribution in [1.82, 2.24) is 20.1 Å². The van der Waals surface area contributed by atoms with Gasteiger partial charge in [0.05, 0.1) is 6.54 Å². The summed E-state index contributed by atoms with van der Waals surface area (Å²) in [4.78, 5) is 12.2. The molecule has 0 radical (unpaired) electrons. The lowest BCUT2D eigenvalue weighted by Gasteiger charge is -2.01. The van der Waals surface area contributed by atoms with Crippen LogP contribution in [0.2, 0.25) is 0 Å². The molecule has 6 heteroatoms. The molecule has 6 nitrogen and oxygen atoms in total. The Morgan fingerprint density at radius 2 is 2.00 bits per heavy atom. The summed E-state index contributed by atoms with van der Waals surface area (Å²) in [6, 6.07) is 11.6. The fourth-order valence-electron chi connectivity index (χ4n) is 1.59. The molecule has 0 saturated heterocycles. The minimum atomic E-state index is 0.465. The average molecular weight is 253 g/mol. The monoisotopic (exact) mass is 253 g/mol. The van der Waals surface area contributed by atoms with Crippen molar-refractivity contribution >= 4 is 5.69 Å². The van der Waals surface area contributed by atoms with Crippen LogP contribution in [0.3, 0.4) is 0 Å². The Hall–Kier alpha value is -2.76. The summed E-state index contributed by atoms with van der Waals surface area (Å²) in [6.07, 6.45) is 3.09. The van der Waals surface area contributed by atoms with Crippen LogP contribution in [0.5, 0.6) is 0 Å². The van der Waals surface area contributed by atoms with Crippen molar-refractivity contribution in [2.45, 2.75) is 6.54 Å². The van der Waals surface area contributed by atoms with Gasteiger partial charge in [-0.2, -0.15) is 4.98 Å². The maximum atomic E-state index is 5.16. The highest BCUT2D eigenvalue weighted by Crippen LogP contribution is 2.12. The number of hydrogen-bond acceptors (Lipinski definition) is 6. The van der Waals surface area contributed by atoms with E-state index in [9.17, 15) is 0 Å². The van der Waals surface area contributed by atoms with Crippen LogP contribution in [-0.2, 0) is 6.54 Å². The zero-order valence-corrected chi connectivity index (χ0v) is 10.0. The molecule has 1 N–H and O–H groups in total. The van der Waals surface area contributed by atoms with Gasteiger partial charge in [0.1, 0.15) is 12.0 Å². The number of aromatic nitrogens is 4. The largest absolute Gasteiger partial charge is 0.376 e. The van der Waals surface area contributed by atoms with Crippen LogP contribution in [0.1, 0.15) is 5.89 Å². The zero-order chi connectivity index (χ0) is 12.9. The molecule has 94 valence electrons. The fraction of sp³-hybridized carbons (Fsp3) is 0.0769. The Morgan fingerprint density at radius 1 is 1.11 bits per heavy atom. The van der Waals surface area contributed by atoms with Crippen molar-refractivity contribution in [2.75, 3.05) is 5.32 Å². The molecule has 0 aliphatic heterocycles. The molecule has 0 atom stereocenters. The van der Waals surface area contributed by atoms with Gasteiger partial charge in [-0.3, -0.25) is 0 Å². The Morgan fingerprint density at radius 3 is 2.79 bits per heavy atom. The first kappa shape index (κ1) is 11.3. The Labute approximate surface area is 109 Å². The van der Waals surface area contributed by atoms with E-state index in [1.807, 2.05) is 30.3 Å². The molecule has 0 spiro atoms. The summed E-state index contributed by atoms with van der Waals surface area (Å²) in [5.74, 6) is 0.977. The molecule has 0 aliphatic carbocycles. The third-order valence-corrected chi connectivity index (χ3v) is 2.50. The number of nitrogens with one attached hydrogen (secondary N) is 1. The first-order valence-corrected chi connectivity index (χ1v) is 5.80. The summed E-state index contributed by atoms with van der Waals surface area (Å²) < 4.78 is 5.16. The van der Waals surface area contributed by atoms with E-state index >= 15 is 0 Å². The van der Waals surface area contributed by atoms with E-state index in [0.29, 0.717) is 24.0 Å². The molecule has 0 unspecified atom stereocenters. The maximum Gasteiger partial charge on any atom is 0.246 e. The van der Waals surface area contributed by atoms with Crippen LogP contribution in [0.15, 0.2) is 53.4 Å². The van der Waals surface area contributed by atoms with Crippen LogP contribution >= 0.6 is 0 Å². The predicted molar refractivity (Wildman–Crippen MR) is 69.1 cm³/mol. The third-order valence-electron chi connectivity index (χ3n) is 2.50. The van der Waals surface area contributed by atoms with E-state index in [-0.39, 0.29) is 0 Å². The van der Waals surface area contributed by atoms with E-state index in [1.54, 1.807) is 12.3 Å². The normalized spacial score (nSPS) is 10.3. The number of nitrogens with zero attached hydrogens (tertiary/aromatic N) is 4. The van der Waals surface area contributed by atoms with Gasteiger partial charge in [0.25, 0.3) is 0 Å². The second-order valence-electron chi connectivity index (χ2n) is 3.83. The molecule has 0 saturated carbocycles. The lowest BCUT2D eigenvalue weighted by atomic mass is 10.3. The van der Waals surface area contributed by atoms with Gasteiger partial charge in [0.15, 0.2) is 0 Å². The molecule has 0 fully saturated rings. The second kappa shape index (κ2) is 5.26. The van der Waals surface area contributed by atoms with Crippen molar-refractivity contribution in [3.05, 3.63) is 54.8 Å². The Balaban J connectivity index is 1.69. The first-order chi connectivity index (χ1) is 9.42. The third kappa shape index (κ3) is 2.74. The topological polar surface area (TPSA) is 76.7 Å². The van der Waals surface area contributed by atoms with Gasteiger partial charge >= 0.3 is 0 Å². The van der Waals surface area contributed by atoms with Gasteiger partial charge < -0.3 is 9.84 Å². The highest BCUT2D eigenvalue weighted by atomic mass is 16.5. The molecular weight excluding hydrogens is 242 g/mol. The van der Waals surface area contributed by atoms with Crippen molar-refractivity contribution < 1.29 is 4.52 Å². The van der Waals surface area contributed by atoms with Gasteiger partial charge in [-0.05, 0) is 18.2 Å². The van der Waals surface area contributed by atoms with Gasteiger partial charge in [0.2, 0.25) is 11.7 Å². The fourth-order valence-corrected chi connectivity index (χ4v) is 1.59. The molecule has 1 aromatic carbocycles. The minimum absolute atomic E-state index is 0.465. The van der Waals surface area contributed by atoms with Crippen LogP contribution in [-0.4, -0.2) is 20.1 Å². The van der Waals surface area contributed by atoms with Gasteiger partial charge in [0, 0.05) is 11.9 Å². The highest BCUT2D eigenvalue weighted by Gasteiger charge is 2.08. The zero-order valence-electron chi connectivity index (χ0n) is 10.0. The van der Waals surface area contributed by atoms with Crippen LogP contribution in [0.4, 0.5) is 5.69 Å². The SMILES string of the molecule is c1ccc(NCc2nc(-c3ccncn3)no2)cc1. The summed E-state index contributed by atoms with van der Waals surface area (Å²) in [5.41, 5.74) is 1.65. The average Bonchev–Trinajstić information content (AvgIpc) is 2.96. The summed E-state index contributed by atoms with van der Waals surface area (Å²) in [6.45, 7) is 0.474. The molecular formula is C13H11N5O. The molecule has 0 amide bonds. The molecule has 3 rings (SSSR count). The smallest absolute Gasteiger partial charge is 0.246 e. The van der Waals surface area contributed by atoms with E-state index < -0.39 is 0 Å². The van der Waals surface area contributed by atoms with Gasteiger partial charge in [-0.1, -0.05) is 23.4 Å². The summed E-state index contributed by atoms with van der Waals surface area (Å²) in [7, 11) is 0. The Bertz CT molecular complexity index is 638. The number of para-hydroxylation sites is 1. The summed E-state index contributed by atoms with van der Waals surface area (Å²) in [5, 5.41) is 7.08. The van der Waals surface area contributed by atoms with Crippen LogP contribution in [0, 0.1) is 0 Å². The summed E-state index contributed by atoms with van der Waals surface area (Å²) >= 11 is 0. The molecule has 3 aromatic rings. The minimum Gasteiger partial charge on any atom is -0.376 e. The predicted octanol–water partition coefficient (Wildman–Crippen LogP) is 2.14. The standard InChI is InChI=1S/C13H11N5O/c1-2-4-10(5-3-1)15-8-12-17-13(18-19-12)11-6-7-14-9-16-11/h1-7,9,15H,8H2. The van der Waals surface area contributed by atoms with E-state index in [0.717, 1.165) is 5.69 Å².